The molecule has 4 nitrogen and oxygen atoms in total. The van der Waals surface area contributed by atoms with Gasteiger partial charge in [-0.2, -0.15) is 0 Å². The van der Waals surface area contributed by atoms with E-state index in [4.69, 9.17) is 4.42 Å². The fourth-order valence-electron chi connectivity index (χ4n) is 1.76. The molecule has 2 rings (SSSR count). The molecular formula is C11H15BrN2O2. The lowest BCUT2D eigenvalue weighted by molar-refractivity contribution is 0.0582. The van der Waals surface area contributed by atoms with Crippen molar-refractivity contribution < 1.29 is 9.21 Å². The summed E-state index contributed by atoms with van der Waals surface area (Å²) in [6.45, 7) is 4.62. The maximum absolute atomic E-state index is 12.2. The largest absolute Gasteiger partial charge is 0.444 e. The number of rotatable bonds is 4. The molecule has 1 aliphatic rings. The molecule has 1 saturated heterocycles. The number of carbonyl (C=O) groups is 1. The van der Waals surface area contributed by atoms with Crippen LogP contribution in [0.15, 0.2) is 21.2 Å². The zero-order valence-corrected chi connectivity index (χ0v) is 10.8. The van der Waals surface area contributed by atoms with E-state index >= 15 is 0 Å². The van der Waals surface area contributed by atoms with Crippen molar-refractivity contribution in [1.82, 2.24) is 10.2 Å². The second kappa shape index (κ2) is 5.01. The van der Waals surface area contributed by atoms with Crippen LogP contribution in [-0.4, -0.2) is 36.5 Å². The molecule has 0 radical (unpaired) electrons. The number of furan rings is 1. The SMILES string of the molecule is CCCN(C(=O)c1ccc(Br)o1)C1CNC1. The highest BCUT2D eigenvalue weighted by Gasteiger charge is 2.29. The molecule has 88 valence electrons. The van der Waals surface area contributed by atoms with Crippen LogP contribution in [0.3, 0.4) is 0 Å². The van der Waals surface area contributed by atoms with E-state index in [1.807, 2.05) is 4.90 Å². The Bertz CT molecular complexity index is 374. The molecule has 5 heteroatoms. The maximum Gasteiger partial charge on any atom is 0.289 e. The van der Waals surface area contributed by atoms with Gasteiger partial charge in [-0.05, 0) is 34.5 Å². The number of hydrogen-bond donors (Lipinski definition) is 1. The van der Waals surface area contributed by atoms with Crippen LogP contribution in [0.5, 0.6) is 0 Å². The van der Waals surface area contributed by atoms with Gasteiger partial charge in [-0.15, -0.1) is 0 Å². The Morgan fingerprint density at radius 3 is 2.81 bits per heavy atom. The molecule has 1 N–H and O–H groups in total. The van der Waals surface area contributed by atoms with E-state index in [1.165, 1.54) is 0 Å². The van der Waals surface area contributed by atoms with Crippen LogP contribution < -0.4 is 5.32 Å². The summed E-state index contributed by atoms with van der Waals surface area (Å²) in [7, 11) is 0. The standard InChI is InChI=1S/C11H15BrN2O2/c1-2-5-14(8-6-13-7-8)11(15)9-3-4-10(12)16-9/h3-4,8,13H,2,5-7H2,1H3. The third kappa shape index (κ3) is 2.30. The van der Waals surface area contributed by atoms with Crippen LogP contribution in [0.4, 0.5) is 0 Å². The fraction of sp³-hybridized carbons (Fsp3) is 0.545. The number of nitrogens with zero attached hydrogens (tertiary/aromatic N) is 1. The van der Waals surface area contributed by atoms with Crippen molar-refractivity contribution in [1.29, 1.82) is 0 Å². The highest BCUT2D eigenvalue weighted by atomic mass is 79.9. The number of nitrogens with one attached hydrogen (secondary N) is 1. The molecule has 1 aromatic rings. The number of carbonyl (C=O) groups excluding carboxylic acids is 1. The summed E-state index contributed by atoms with van der Waals surface area (Å²) in [6.07, 6.45) is 0.962. The fourth-order valence-corrected chi connectivity index (χ4v) is 2.06. The van der Waals surface area contributed by atoms with Gasteiger partial charge in [-0.1, -0.05) is 6.92 Å². The molecule has 0 spiro atoms. The first-order chi connectivity index (χ1) is 7.72. The van der Waals surface area contributed by atoms with Gasteiger partial charge in [-0.3, -0.25) is 4.79 Å². The monoisotopic (exact) mass is 286 g/mol. The Labute approximate surface area is 103 Å². The minimum Gasteiger partial charge on any atom is -0.444 e. The third-order valence-corrected chi connectivity index (χ3v) is 3.14. The van der Waals surface area contributed by atoms with E-state index in [1.54, 1.807) is 12.1 Å². The zero-order valence-electron chi connectivity index (χ0n) is 9.20. The molecule has 0 bridgehead atoms. The predicted molar refractivity (Wildman–Crippen MR) is 64.4 cm³/mol. The third-order valence-electron chi connectivity index (χ3n) is 2.71. The minimum atomic E-state index is -0.0148. The van der Waals surface area contributed by atoms with E-state index in [9.17, 15) is 4.79 Å². The Morgan fingerprint density at radius 1 is 1.62 bits per heavy atom. The molecule has 0 unspecified atom stereocenters. The van der Waals surface area contributed by atoms with Crippen LogP contribution >= 0.6 is 15.9 Å². The van der Waals surface area contributed by atoms with Gasteiger partial charge >= 0.3 is 0 Å². The summed E-state index contributed by atoms with van der Waals surface area (Å²) < 4.78 is 5.89. The van der Waals surface area contributed by atoms with Crippen molar-refractivity contribution in [2.75, 3.05) is 19.6 Å². The van der Waals surface area contributed by atoms with Crippen LogP contribution in [0.1, 0.15) is 23.9 Å². The molecule has 0 atom stereocenters. The van der Waals surface area contributed by atoms with Crippen LogP contribution in [0.2, 0.25) is 0 Å². The number of amides is 1. The lowest BCUT2D eigenvalue weighted by Gasteiger charge is -2.37. The molecule has 1 fully saturated rings. The summed E-state index contributed by atoms with van der Waals surface area (Å²) in [6, 6.07) is 3.77. The van der Waals surface area contributed by atoms with Crippen LogP contribution in [-0.2, 0) is 0 Å². The van der Waals surface area contributed by atoms with Gasteiger partial charge in [0.05, 0.1) is 6.04 Å². The van der Waals surface area contributed by atoms with Gasteiger partial charge < -0.3 is 14.6 Å². The maximum atomic E-state index is 12.2. The van der Waals surface area contributed by atoms with E-state index < -0.39 is 0 Å². The molecule has 0 aromatic carbocycles. The molecule has 1 aromatic heterocycles. The Kier molecular flexibility index (Phi) is 3.66. The van der Waals surface area contributed by atoms with Gasteiger partial charge in [-0.25, -0.2) is 0 Å². The Balaban J connectivity index is 2.09. The van der Waals surface area contributed by atoms with Crippen LogP contribution in [0.25, 0.3) is 0 Å². The van der Waals surface area contributed by atoms with Crippen molar-refractivity contribution in [3.05, 3.63) is 22.6 Å². The van der Waals surface area contributed by atoms with Gasteiger partial charge in [0, 0.05) is 19.6 Å². The van der Waals surface area contributed by atoms with Gasteiger partial charge in [0.1, 0.15) is 0 Å². The predicted octanol–water partition coefficient (Wildman–Crippen LogP) is 1.87. The molecule has 16 heavy (non-hydrogen) atoms. The molecule has 1 amide bonds. The van der Waals surface area contributed by atoms with Crippen molar-refractivity contribution in [2.45, 2.75) is 19.4 Å². The first kappa shape index (κ1) is 11.7. The lowest BCUT2D eigenvalue weighted by Crippen LogP contribution is -2.59. The lowest BCUT2D eigenvalue weighted by atomic mass is 10.1. The number of halogens is 1. The van der Waals surface area contributed by atoms with E-state index in [0.29, 0.717) is 16.5 Å². The van der Waals surface area contributed by atoms with Gasteiger partial charge in [0.25, 0.3) is 5.91 Å². The zero-order chi connectivity index (χ0) is 11.5. The first-order valence-corrected chi connectivity index (χ1v) is 6.28. The first-order valence-electron chi connectivity index (χ1n) is 5.49. The van der Waals surface area contributed by atoms with Gasteiger partial charge in [0.2, 0.25) is 0 Å². The Morgan fingerprint density at radius 2 is 2.38 bits per heavy atom. The molecule has 0 saturated carbocycles. The summed E-state index contributed by atoms with van der Waals surface area (Å²) in [4.78, 5) is 14.1. The van der Waals surface area contributed by atoms with Crippen molar-refractivity contribution in [3.8, 4) is 0 Å². The van der Waals surface area contributed by atoms with Gasteiger partial charge in [0.15, 0.2) is 10.4 Å². The van der Waals surface area contributed by atoms with Crippen LogP contribution in [0, 0.1) is 0 Å². The normalized spacial score (nSPS) is 15.9. The summed E-state index contributed by atoms with van der Waals surface area (Å²) in [5.74, 6) is 0.395. The second-order valence-electron chi connectivity index (χ2n) is 3.91. The summed E-state index contributed by atoms with van der Waals surface area (Å²) in [5.41, 5.74) is 0. The highest BCUT2D eigenvalue weighted by molar-refractivity contribution is 9.10. The van der Waals surface area contributed by atoms with Crippen molar-refractivity contribution >= 4 is 21.8 Å². The average molecular weight is 287 g/mol. The quantitative estimate of drug-likeness (QED) is 0.919. The minimum absolute atomic E-state index is 0.0148. The molecule has 1 aliphatic heterocycles. The van der Waals surface area contributed by atoms with E-state index in [0.717, 1.165) is 26.1 Å². The number of hydrogen-bond acceptors (Lipinski definition) is 3. The van der Waals surface area contributed by atoms with E-state index in [2.05, 4.69) is 28.2 Å². The molecule has 2 heterocycles. The molecule has 0 aliphatic carbocycles. The average Bonchev–Trinajstić information content (AvgIpc) is 2.60. The molecular weight excluding hydrogens is 272 g/mol. The smallest absolute Gasteiger partial charge is 0.289 e. The van der Waals surface area contributed by atoms with E-state index in [-0.39, 0.29) is 5.91 Å². The highest BCUT2D eigenvalue weighted by Crippen LogP contribution is 2.18. The second-order valence-corrected chi connectivity index (χ2v) is 4.70. The summed E-state index contributed by atoms with van der Waals surface area (Å²) in [5, 5.41) is 3.18. The van der Waals surface area contributed by atoms with Crippen molar-refractivity contribution in [2.24, 2.45) is 0 Å². The topological polar surface area (TPSA) is 45.5 Å². The summed E-state index contributed by atoms with van der Waals surface area (Å²) >= 11 is 3.21. The Hall–Kier alpha value is -0.810. The van der Waals surface area contributed by atoms with Crippen molar-refractivity contribution in [3.63, 3.8) is 0 Å².